The molecule has 2 aromatic carbocycles. The van der Waals surface area contributed by atoms with E-state index < -0.39 is 6.61 Å². The Labute approximate surface area is 180 Å². The fraction of sp³-hybridized carbons (Fsp3) is 0.292. The van der Waals surface area contributed by atoms with Crippen LogP contribution in [-0.4, -0.2) is 30.7 Å². The minimum absolute atomic E-state index is 0.0224. The number of aryl methyl sites for hydroxylation is 1. The molecular formula is C24H26F2N2O3. The van der Waals surface area contributed by atoms with Crippen molar-refractivity contribution in [3.05, 3.63) is 82.7 Å². The van der Waals surface area contributed by atoms with E-state index in [1.165, 1.54) is 13.2 Å². The topological polar surface area (TPSA) is 52.5 Å². The summed E-state index contributed by atoms with van der Waals surface area (Å²) in [6.07, 6.45) is 0.470. The number of hydrogen-bond donors (Lipinski definition) is 1. The number of hydrogen-bond acceptors (Lipinski definition) is 3. The number of alkyl halides is 2. The molecule has 0 unspecified atom stereocenters. The third-order valence-electron chi connectivity index (χ3n) is 5.15. The summed E-state index contributed by atoms with van der Waals surface area (Å²) in [5, 5.41) is 2.91. The van der Waals surface area contributed by atoms with Gasteiger partial charge in [0, 0.05) is 24.5 Å². The van der Waals surface area contributed by atoms with Crippen molar-refractivity contribution < 1.29 is 23.0 Å². The van der Waals surface area contributed by atoms with Gasteiger partial charge in [-0.2, -0.15) is 8.78 Å². The van der Waals surface area contributed by atoms with Crippen molar-refractivity contribution in [2.45, 2.75) is 33.4 Å². The molecule has 3 aromatic rings. The first kappa shape index (κ1) is 22.3. The van der Waals surface area contributed by atoms with Gasteiger partial charge in [0.1, 0.15) is 0 Å². The van der Waals surface area contributed by atoms with Crippen molar-refractivity contribution in [3.8, 4) is 11.5 Å². The van der Waals surface area contributed by atoms with E-state index >= 15 is 0 Å². The fourth-order valence-corrected chi connectivity index (χ4v) is 3.52. The Morgan fingerprint density at radius 2 is 1.77 bits per heavy atom. The number of rotatable bonds is 9. The van der Waals surface area contributed by atoms with E-state index in [1.807, 2.05) is 38.1 Å². The highest BCUT2D eigenvalue weighted by atomic mass is 19.3. The molecule has 0 fully saturated rings. The third-order valence-corrected chi connectivity index (χ3v) is 5.15. The van der Waals surface area contributed by atoms with Gasteiger partial charge in [-0.15, -0.1) is 0 Å². The van der Waals surface area contributed by atoms with Crippen LogP contribution in [-0.2, 0) is 13.0 Å². The summed E-state index contributed by atoms with van der Waals surface area (Å²) < 4.78 is 36.8. The second-order valence-corrected chi connectivity index (χ2v) is 7.23. The van der Waals surface area contributed by atoms with Crippen molar-refractivity contribution in [3.63, 3.8) is 0 Å². The van der Waals surface area contributed by atoms with Crippen LogP contribution in [0.5, 0.6) is 11.5 Å². The van der Waals surface area contributed by atoms with Gasteiger partial charge in [0.15, 0.2) is 11.5 Å². The largest absolute Gasteiger partial charge is 0.493 e. The Balaban J connectivity index is 1.63. The molecule has 0 aliphatic rings. The predicted octanol–water partition coefficient (Wildman–Crippen LogP) is 4.74. The quantitative estimate of drug-likeness (QED) is 0.536. The van der Waals surface area contributed by atoms with Crippen LogP contribution >= 0.6 is 0 Å². The molecule has 0 aliphatic carbocycles. The Morgan fingerprint density at radius 1 is 1.03 bits per heavy atom. The number of nitrogens with one attached hydrogen (secondary N) is 1. The molecule has 0 atom stereocenters. The molecule has 0 aliphatic heterocycles. The third kappa shape index (κ3) is 5.63. The number of carbonyl (C=O) groups excluding carboxylic acids is 1. The van der Waals surface area contributed by atoms with Crippen LogP contribution in [0.3, 0.4) is 0 Å². The normalized spacial score (nSPS) is 10.9. The number of ether oxygens (including phenoxy) is 2. The lowest BCUT2D eigenvalue weighted by atomic mass is 10.1. The molecule has 7 heteroatoms. The van der Waals surface area contributed by atoms with Crippen LogP contribution in [0.2, 0.25) is 0 Å². The maximum Gasteiger partial charge on any atom is 0.387 e. The predicted molar refractivity (Wildman–Crippen MR) is 115 cm³/mol. The van der Waals surface area contributed by atoms with E-state index in [9.17, 15) is 13.6 Å². The lowest BCUT2D eigenvalue weighted by Gasteiger charge is -2.12. The minimum atomic E-state index is -2.94. The summed E-state index contributed by atoms with van der Waals surface area (Å²) in [5.41, 5.74) is 4.46. The van der Waals surface area contributed by atoms with Crippen LogP contribution in [0.25, 0.3) is 0 Å². The Bertz CT molecular complexity index is 1030. The molecule has 1 heterocycles. The van der Waals surface area contributed by atoms with Gasteiger partial charge in [0.25, 0.3) is 5.91 Å². The standard InChI is InChI=1S/C24H26F2N2O3/c1-16-13-20(17(2)28(16)15-19-7-5-4-6-8-19)23(29)27-12-11-18-9-10-21(30-3)22(14-18)31-24(25)26/h4-10,13-14,24H,11-12,15H2,1-3H3,(H,27,29). The summed E-state index contributed by atoms with van der Waals surface area (Å²) >= 11 is 0. The Kier molecular flexibility index (Phi) is 7.28. The average Bonchev–Trinajstić information content (AvgIpc) is 3.02. The van der Waals surface area contributed by atoms with Gasteiger partial charge in [0.2, 0.25) is 0 Å². The van der Waals surface area contributed by atoms with E-state index in [1.54, 1.807) is 12.1 Å². The van der Waals surface area contributed by atoms with Gasteiger partial charge in [0.05, 0.1) is 12.7 Å². The number of carbonyl (C=O) groups is 1. The van der Waals surface area contributed by atoms with Gasteiger partial charge in [-0.3, -0.25) is 4.79 Å². The second kappa shape index (κ2) is 10.1. The zero-order chi connectivity index (χ0) is 22.4. The first-order valence-corrected chi connectivity index (χ1v) is 9.99. The molecule has 0 spiro atoms. The summed E-state index contributed by atoms with van der Waals surface area (Å²) in [6.45, 7) is 2.04. The molecule has 1 aromatic heterocycles. The molecule has 0 radical (unpaired) electrons. The molecule has 31 heavy (non-hydrogen) atoms. The summed E-state index contributed by atoms with van der Waals surface area (Å²) in [5.74, 6) is 0.0507. The van der Waals surface area contributed by atoms with Crippen LogP contribution in [0, 0.1) is 13.8 Å². The molecule has 5 nitrogen and oxygen atoms in total. The molecule has 1 N–H and O–H groups in total. The van der Waals surface area contributed by atoms with E-state index in [4.69, 9.17) is 4.74 Å². The zero-order valence-electron chi connectivity index (χ0n) is 17.8. The molecule has 164 valence electrons. The molecule has 0 saturated carbocycles. The van der Waals surface area contributed by atoms with Crippen LogP contribution in [0.15, 0.2) is 54.6 Å². The van der Waals surface area contributed by atoms with E-state index in [-0.39, 0.29) is 17.4 Å². The lowest BCUT2D eigenvalue weighted by molar-refractivity contribution is -0.0512. The Morgan fingerprint density at radius 3 is 2.45 bits per heavy atom. The number of methoxy groups -OCH3 is 1. The summed E-state index contributed by atoms with van der Waals surface area (Å²) in [7, 11) is 1.39. The number of benzene rings is 2. The van der Waals surface area contributed by atoms with Crippen LogP contribution in [0.4, 0.5) is 8.78 Å². The Hall–Kier alpha value is -3.35. The first-order chi connectivity index (χ1) is 14.9. The monoisotopic (exact) mass is 428 g/mol. The molecule has 1 amide bonds. The van der Waals surface area contributed by atoms with E-state index in [2.05, 4.69) is 26.8 Å². The highest BCUT2D eigenvalue weighted by Gasteiger charge is 2.16. The van der Waals surface area contributed by atoms with Gasteiger partial charge in [-0.05, 0) is 49.6 Å². The molecule has 3 rings (SSSR count). The number of halogens is 2. The first-order valence-electron chi connectivity index (χ1n) is 9.99. The van der Waals surface area contributed by atoms with Crippen molar-refractivity contribution >= 4 is 5.91 Å². The summed E-state index contributed by atoms with van der Waals surface area (Å²) in [4.78, 5) is 12.7. The maximum atomic E-state index is 12.7. The van der Waals surface area contributed by atoms with Crippen molar-refractivity contribution in [1.29, 1.82) is 0 Å². The van der Waals surface area contributed by atoms with Crippen LogP contribution < -0.4 is 14.8 Å². The highest BCUT2D eigenvalue weighted by Crippen LogP contribution is 2.29. The number of amides is 1. The number of aromatic nitrogens is 1. The van der Waals surface area contributed by atoms with E-state index in [0.29, 0.717) is 25.1 Å². The van der Waals surface area contributed by atoms with E-state index in [0.717, 1.165) is 22.5 Å². The lowest BCUT2D eigenvalue weighted by Crippen LogP contribution is -2.26. The van der Waals surface area contributed by atoms with Gasteiger partial charge < -0.3 is 19.4 Å². The van der Waals surface area contributed by atoms with Crippen molar-refractivity contribution in [1.82, 2.24) is 9.88 Å². The van der Waals surface area contributed by atoms with Gasteiger partial charge in [-0.1, -0.05) is 36.4 Å². The van der Waals surface area contributed by atoms with Gasteiger partial charge >= 0.3 is 6.61 Å². The van der Waals surface area contributed by atoms with Crippen molar-refractivity contribution in [2.24, 2.45) is 0 Å². The fourth-order valence-electron chi connectivity index (χ4n) is 3.52. The van der Waals surface area contributed by atoms with Crippen LogP contribution in [0.1, 0.15) is 32.9 Å². The SMILES string of the molecule is COc1ccc(CCNC(=O)c2cc(C)n(Cc3ccccc3)c2C)cc1OC(F)F. The molecule has 0 bridgehead atoms. The smallest absolute Gasteiger partial charge is 0.387 e. The van der Waals surface area contributed by atoms with Crippen molar-refractivity contribution in [2.75, 3.05) is 13.7 Å². The zero-order valence-corrected chi connectivity index (χ0v) is 17.8. The molecular weight excluding hydrogens is 402 g/mol. The highest BCUT2D eigenvalue weighted by molar-refractivity contribution is 5.95. The maximum absolute atomic E-state index is 12.7. The average molecular weight is 428 g/mol. The minimum Gasteiger partial charge on any atom is -0.493 e. The summed E-state index contributed by atoms with van der Waals surface area (Å²) in [6, 6.07) is 16.8. The molecule has 0 saturated heterocycles. The number of nitrogens with zero attached hydrogens (tertiary/aromatic N) is 1. The van der Waals surface area contributed by atoms with Gasteiger partial charge in [-0.25, -0.2) is 0 Å². The second-order valence-electron chi connectivity index (χ2n) is 7.23.